The third kappa shape index (κ3) is 2.16. The predicted octanol–water partition coefficient (Wildman–Crippen LogP) is 1.83. The average Bonchev–Trinajstić information content (AvgIpc) is 2.17. The van der Waals surface area contributed by atoms with Gasteiger partial charge in [-0.2, -0.15) is 0 Å². The zero-order valence-electron chi connectivity index (χ0n) is 8.07. The summed E-state index contributed by atoms with van der Waals surface area (Å²) >= 11 is 3.27. The van der Waals surface area contributed by atoms with Crippen LogP contribution in [0.25, 0.3) is 0 Å². The van der Waals surface area contributed by atoms with Gasteiger partial charge in [-0.3, -0.25) is 0 Å². The first-order chi connectivity index (χ1) is 6.50. The molecule has 1 aromatic rings. The summed E-state index contributed by atoms with van der Waals surface area (Å²) < 4.78 is 24.9. The van der Waals surface area contributed by atoms with Gasteiger partial charge < -0.3 is 0 Å². The Bertz CT molecular complexity index is 415. The maximum absolute atomic E-state index is 11.8. The molecule has 0 radical (unpaired) electrons. The lowest BCUT2D eigenvalue weighted by Gasteiger charge is -2.13. The largest absolute Gasteiger partial charge is 0.242 e. The highest BCUT2D eigenvalue weighted by atomic mass is 79.9. The number of sulfonamides is 1. The number of benzene rings is 1. The normalized spacial score (nSPS) is 12.0. The Hall–Kier alpha value is -0.390. The van der Waals surface area contributed by atoms with Crippen molar-refractivity contribution in [2.75, 3.05) is 14.1 Å². The van der Waals surface area contributed by atoms with Crippen LogP contribution in [0, 0.1) is 0 Å². The second-order valence-electron chi connectivity index (χ2n) is 3.03. The van der Waals surface area contributed by atoms with Crippen molar-refractivity contribution in [3.8, 4) is 0 Å². The molecule has 5 heteroatoms. The molecular weight excluding hydrogens is 266 g/mol. The zero-order valence-corrected chi connectivity index (χ0v) is 10.5. The van der Waals surface area contributed by atoms with Crippen LogP contribution >= 0.6 is 15.9 Å². The fraction of sp³-hybridized carbons (Fsp3) is 0.333. The van der Waals surface area contributed by atoms with Crippen molar-refractivity contribution >= 4 is 26.0 Å². The number of hydrogen-bond donors (Lipinski definition) is 0. The van der Waals surface area contributed by atoms with Crippen molar-refractivity contribution < 1.29 is 8.42 Å². The van der Waals surface area contributed by atoms with Crippen LogP contribution in [0.5, 0.6) is 0 Å². The number of alkyl halides is 1. The minimum atomic E-state index is -3.32. The molecule has 78 valence electrons. The molecule has 0 aromatic heterocycles. The van der Waals surface area contributed by atoms with Crippen LogP contribution in [0.4, 0.5) is 0 Å². The molecule has 0 saturated carbocycles. The fourth-order valence-corrected chi connectivity index (χ4v) is 2.85. The van der Waals surface area contributed by atoms with Crippen LogP contribution in [0.2, 0.25) is 0 Å². The number of halogens is 1. The first-order valence-electron chi connectivity index (χ1n) is 4.06. The van der Waals surface area contributed by atoms with E-state index in [-0.39, 0.29) is 0 Å². The molecule has 0 aliphatic carbocycles. The number of nitrogens with zero attached hydrogens (tertiary/aromatic N) is 1. The van der Waals surface area contributed by atoms with Gasteiger partial charge in [0.25, 0.3) is 0 Å². The van der Waals surface area contributed by atoms with Gasteiger partial charge in [-0.25, -0.2) is 12.7 Å². The second-order valence-corrected chi connectivity index (χ2v) is 5.71. The van der Waals surface area contributed by atoms with E-state index in [9.17, 15) is 8.42 Å². The van der Waals surface area contributed by atoms with Gasteiger partial charge >= 0.3 is 0 Å². The summed E-state index contributed by atoms with van der Waals surface area (Å²) in [5, 5.41) is 0.538. The summed E-state index contributed by atoms with van der Waals surface area (Å²) in [6.45, 7) is 0. The third-order valence-corrected chi connectivity index (χ3v) is 4.39. The van der Waals surface area contributed by atoms with Crippen LogP contribution in [0.1, 0.15) is 5.56 Å². The summed E-state index contributed by atoms with van der Waals surface area (Å²) in [6.07, 6.45) is 0. The monoisotopic (exact) mass is 277 g/mol. The standard InChI is InChI=1S/C9H12BrNO2S/c1-11(2)14(12,13)9-6-4-3-5-8(9)7-10/h3-6H,7H2,1-2H3. The molecule has 0 saturated heterocycles. The van der Waals surface area contributed by atoms with Crippen LogP contribution in [-0.4, -0.2) is 26.8 Å². The SMILES string of the molecule is CN(C)S(=O)(=O)c1ccccc1CBr. The molecule has 0 fully saturated rings. The Morgan fingerprint density at radius 3 is 2.36 bits per heavy atom. The number of hydrogen-bond acceptors (Lipinski definition) is 2. The molecule has 1 rings (SSSR count). The second kappa shape index (κ2) is 4.42. The van der Waals surface area contributed by atoms with Gasteiger partial charge in [0.2, 0.25) is 10.0 Å². The first-order valence-corrected chi connectivity index (χ1v) is 6.62. The van der Waals surface area contributed by atoms with Crippen LogP contribution in [0.15, 0.2) is 29.2 Å². The van der Waals surface area contributed by atoms with Gasteiger partial charge in [0.1, 0.15) is 0 Å². The Balaban J connectivity index is 3.32. The molecular formula is C9H12BrNO2S. The molecule has 1 aromatic carbocycles. The van der Waals surface area contributed by atoms with Crippen molar-refractivity contribution in [3.05, 3.63) is 29.8 Å². The molecule has 3 nitrogen and oxygen atoms in total. The molecule has 0 spiro atoms. The Morgan fingerprint density at radius 2 is 1.86 bits per heavy atom. The summed E-state index contributed by atoms with van der Waals surface area (Å²) in [5.74, 6) is 0. The zero-order chi connectivity index (χ0) is 10.8. The van der Waals surface area contributed by atoms with Gasteiger partial charge in [0.05, 0.1) is 4.90 Å². The van der Waals surface area contributed by atoms with E-state index in [4.69, 9.17) is 0 Å². The fourth-order valence-electron chi connectivity index (χ4n) is 1.06. The average molecular weight is 278 g/mol. The lowest BCUT2D eigenvalue weighted by atomic mass is 10.2. The smallest absolute Gasteiger partial charge is 0.207 e. The van der Waals surface area contributed by atoms with E-state index in [2.05, 4.69) is 15.9 Å². The van der Waals surface area contributed by atoms with Crippen molar-refractivity contribution in [1.29, 1.82) is 0 Å². The van der Waals surface area contributed by atoms with E-state index in [0.29, 0.717) is 10.2 Å². The molecule has 14 heavy (non-hydrogen) atoms. The Labute approximate surface area is 92.9 Å². The lowest BCUT2D eigenvalue weighted by molar-refractivity contribution is 0.520. The van der Waals surface area contributed by atoms with E-state index in [0.717, 1.165) is 5.56 Å². The molecule has 0 atom stereocenters. The number of rotatable bonds is 3. The molecule has 0 amide bonds. The summed E-state index contributed by atoms with van der Waals surface area (Å²) in [6, 6.07) is 6.96. The summed E-state index contributed by atoms with van der Waals surface area (Å²) in [4.78, 5) is 0.363. The third-order valence-electron chi connectivity index (χ3n) is 1.88. The first kappa shape index (κ1) is 11.7. The maximum atomic E-state index is 11.8. The lowest BCUT2D eigenvalue weighted by Crippen LogP contribution is -2.23. The van der Waals surface area contributed by atoms with Crippen molar-refractivity contribution in [2.24, 2.45) is 0 Å². The Morgan fingerprint density at radius 1 is 1.29 bits per heavy atom. The molecule has 0 aliphatic heterocycles. The highest BCUT2D eigenvalue weighted by Crippen LogP contribution is 2.20. The van der Waals surface area contributed by atoms with Crippen molar-refractivity contribution in [3.63, 3.8) is 0 Å². The highest BCUT2D eigenvalue weighted by Gasteiger charge is 2.19. The maximum Gasteiger partial charge on any atom is 0.242 e. The van der Waals surface area contributed by atoms with E-state index in [1.807, 2.05) is 6.07 Å². The molecule has 0 aliphatic rings. The topological polar surface area (TPSA) is 37.4 Å². The van der Waals surface area contributed by atoms with Gasteiger partial charge in [0, 0.05) is 19.4 Å². The summed E-state index contributed by atoms with van der Waals surface area (Å²) in [5.41, 5.74) is 0.779. The van der Waals surface area contributed by atoms with E-state index in [1.165, 1.54) is 18.4 Å². The van der Waals surface area contributed by atoms with Gasteiger partial charge in [-0.05, 0) is 11.6 Å². The molecule has 0 N–H and O–H groups in total. The van der Waals surface area contributed by atoms with E-state index >= 15 is 0 Å². The van der Waals surface area contributed by atoms with Gasteiger partial charge in [-0.15, -0.1) is 0 Å². The summed E-state index contributed by atoms with van der Waals surface area (Å²) in [7, 11) is -0.260. The van der Waals surface area contributed by atoms with Gasteiger partial charge in [-0.1, -0.05) is 34.1 Å². The quantitative estimate of drug-likeness (QED) is 0.791. The predicted molar refractivity (Wildman–Crippen MR) is 59.9 cm³/mol. The molecule has 0 unspecified atom stereocenters. The van der Waals surface area contributed by atoms with Crippen molar-refractivity contribution in [2.45, 2.75) is 10.2 Å². The molecule has 0 bridgehead atoms. The van der Waals surface area contributed by atoms with E-state index in [1.54, 1.807) is 18.2 Å². The minimum absolute atomic E-state index is 0.363. The molecule has 0 heterocycles. The van der Waals surface area contributed by atoms with Crippen molar-refractivity contribution in [1.82, 2.24) is 4.31 Å². The van der Waals surface area contributed by atoms with Crippen LogP contribution < -0.4 is 0 Å². The minimum Gasteiger partial charge on any atom is -0.207 e. The highest BCUT2D eigenvalue weighted by molar-refractivity contribution is 9.08. The van der Waals surface area contributed by atoms with Gasteiger partial charge in [0.15, 0.2) is 0 Å². The Kier molecular flexibility index (Phi) is 3.69. The van der Waals surface area contributed by atoms with E-state index < -0.39 is 10.0 Å². The van der Waals surface area contributed by atoms with Crippen LogP contribution in [-0.2, 0) is 15.4 Å². The van der Waals surface area contributed by atoms with Crippen LogP contribution in [0.3, 0.4) is 0 Å².